The lowest BCUT2D eigenvalue weighted by Crippen LogP contribution is -2.14. The highest BCUT2D eigenvalue weighted by Gasteiger charge is 2.21. The van der Waals surface area contributed by atoms with Crippen molar-refractivity contribution in [2.75, 3.05) is 29.1 Å². The van der Waals surface area contributed by atoms with Crippen LogP contribution in [0.15, 0.2) is 4.47 Å². The molecule has 1 aliphatic heterocycles. The third-order valence-electron chi connectivity index (χ3n) is 2.72. The lowest BCUT2D eigenvalue weighted by atomic mass is 10.3. The first-order chi connectivity index (χ1) is 8.76. The van der Waals surface area contributed by atoms with Crippen molar-refractivity contribution in [1.29, 1.82) is 0 Å². The standard InChI is InChI=1S/C12H18BrN3S2/c1-3-8-10(13)12(14-4-2)16-11(15-8)9-7-17-5-6-18-9/h9H,3-7H2,1-2H3,(H,14,15,16). The smallest absolute Gasteiger partial charge is 0.144 e. The number of aromatic nitrogens is 2. The third-order valence-corrected chi connectivity index (χ3v) is 6.30. The minimum atomic E-state index is 0.444. The van der Waals surface area contributed by atoms with Crippen molar-refractivity contribution in [3.05, 3.63) is 16.0 Å². The molecule has 1 fully saturated rings. The first kappa shape index (κ1) is 14.5. The zero-order valence-corrected chi connectivity index (χ0v) is 13.9. The largest absolute Gasteiger partial charge is 0.369 e. The molecule has 0 saturated carbocycles. The van der Waals surface area contributed by atoms with Crippen LogP contribution in [0.1, 0.15) is 30.6 Å². The second kappa shape index (κ2) is 7.01. The molecule has 0 bridgehead atoms. The van der Waals surface area contributed by atoms with Gasteiger partial charge in [0.25, 0.3) is 0 Å². The summed E-state index contributed by atoms with van der Waals surface area (Å²) >= 11 is 7.58. The number of anilines is 1. The summed E-state index contributed by atoms with van der Waals surface area (Å²) in [5.41, 5.74) is 1.10. The fraction of sp³-hybridized carbons (Fsp3) is 0.667. The summed E-state index contributed by atoms with van der Waals surface area (Å²) in [4.78, 5) is 9.42. The van der Waals surface area contributed by atoms with E-state index in [0.717, 1.165) is 40.5 Å². The monoisotopic (exact) mass is 347 g/mol. The van der Waals surface area contributed by atoms with Crippen molar-refractivity contribution in [3.63, 3.8) is 0 Å². The highest BCUT2D eigenvalue weighted by molar-refractivity contribution is 9.10. The Morgan fingerprint density at radius 1 is 1.33 bits per heavy atom. The van der Waals surface area contributed by atoms with Gasteiger partial charge in [0.05, 0.1) is 15.4 Å². The molecular formula is C12H18BrN3S2. The quantitative estimate of drug-likeness (QED) is 0.897. The zero-order valence-electron chi connectivity index (χ0n) is 10.7. The van der Waals surface area contributed by atoms with Gasteiger partial charge < -0.3 is 5.32 Å². The van der Waals surface area contributed by atoms with E-state index in [4.69, 9.17) is 9.97 Å². The Bertz CT molecular complexity index is 409. The number of hydrogen-bond donors (Lipinski definition) is 1. The van der Waals surface area contributed by atoms with Crippen LogP contribution in [0, 0.1) is 0 Å². The van der Waals surface area contributed by atoms with Gasteiger partial charge in [-0.05, 0) is 29.3 Å². The lowest BCUT2D eigenvalue weighted by molar-refractivity contribution is 0.868. The molecule has 18 heavy (non-hydrogen) atoms. The topological polar surface area (TPSA) is 37.8 Å². The summed E-state index contributed by atoms with van der Waals surface area (Å²) in [6.45, 7) is 5.10. The fourth-order valence-corrected chi connectivity index (χ4v) is 5.01. The Labute approximate surface area is 125 Å². The molecule has 0 aliphatic carbocycles. The highest BCUT2D eigenvalue weighted by Crippen LogP contribution is 2.36. The molecule has 2 heterocycles. The van der Waals surface area contributed by atoms with E-state index < -0.39 is 0 Å². The number of halogens is 1. The van der Waals surface area contributed by atoms with Crippen LogP contribution in [0.5, 0.6) is 0 Å². The second-order valence-electron chi connectivity index (χ2n) is 4.01. The molecule has 1 unspecified atom stereocenters. The van der Waals surface area contributed by atoms with Crippen molar-refractivity contribution in [2.24, 2.45) is 0 Å². The highest BCUT2D eigenvalue weighted by atomic mass is 79.9. The van der Waals surface area contributed by atoms with Gasteiger partial charge in [-0.2, -0.15) is 11.8 Å². The summed E-state index contributed by atoms with van der Waals surface area (Å²) in [5, 5.41) is 3.76. The molecule has 100 valence electrons. The SMILES string of the molecule is CCNc1nc(C2CSCCS2)nc(CC)c1Br. The minimum absolute atomic E-state index is 0.444. The van der Waals surface area contributed by atoms with Gasteiger partial charge in [0.1, 0.15) is 11.6 Å². The van der Waals surface area contributed by atoms with Crippen LogP contribution in [-0.2, 0) is 6.42 Å². The van der Waals surface area contributed by atoms with E-state index in [2.05, 4.69) is 35.1 Å². The maximum atomic E-state index is 4.73. The number of hydrogen-bond acceptors (Lipinski definition) is 5. The van der Waals surface area contributed by atoms with Gasteiger partial charge in [0.2, 0.25) is 0 Å². The number of nitrogens with zero attached hydrogens (tertiary/aromatic N) is 2. The first-order valence-corrected chi connectivity index (χ1v) is 9.25. The van der Waals surface area contributed by atoms with Crippen molar-refractivity contribution in [2.45, 2.75) is 25.5 Å². The molecule has 3 nitrogen and oxygen atoms in total. The van der Waals surface area contributed by atoms with Crippen LogP contribution in [-0.4, -0.2) is 33.8 Å². The molecular weight excluding hydrogens is 330 g/mol. The van der Waals surface area contributed by atoms with E-state index in [1.165, 1.54) is 11.5 Å². The average molecular weight is 348 g/mol. The molecule has 2 rings (SSSR count). The maximum absolute atomic E-state index is 4.73. The van der Waals surface area contributed by atoms with Gasteiger partial charge in [-0.3, -0.25) is 0 Å². The first-order valence-electron chi connectivity index (χ1n) is 6.25. The molecule has 1 aliphatic rings. The summed E-state index contributed by atoms with van der Waals surface area (Å²) in [7, 11) is 0. The van der Waals surface area contributed by atoms with Crippen molar-refractivity contribution >= 4 is 45.3 Å². The molecule has 0 spiro atoms. The van der Waals surface area contributed by atoms with E-state index in [1.54, 1.807) is 0 Å². The summed E-state index contributed by atoms with van der Waals surface area (Å²) < 4.78 is 1.02. The molecule has 1 aromatic heterocycles. The average Bonchev–Trinajstić information content (AvgIpc) is 2.42. The summed E-state index contributed by atoms with van der Waals surface area (Å²) in [6, 6.07) is 0. The number of nitrogens with one attached hydrogen (secondary N) is 1. The van der Waals surface area contributed by atoms with Crippen LogP contribution in [0.3, 0.4) is 0 Å². The molecule has 6 heteroatoms. The van der Waals surface area contributed by atoms with Gasteiger partial charge in [0.15, 0.2) is 0 Å². The van der Waals surface area contributed by atoms with Gasteiger partial charge in [-0.15, -0.1) is 11.8 Å². The lowest BCUT2D eigenvalue weighted by Gasteiger charge is -2.21. The van der Waals surface area contributed by atoms with Crippen molar-refractivity contribution in [1.82, 2.24) is 9.97 Å². The van der Waals surface area contributed by atoms with E-state index in [-0.39, 0.29) is 0 Å². The maximum Gasteiger partial charge on any atom is 0.144 e. The summed E-state index contributed by atoms with van der Waals surface area (Å²) in [5.74, 6) is 5.50. The van der Waals surface area contributed by atoms with Gasteiger partial charge in [0, 0.05) is 23.8 Å². The predicted octanol–water partition coefficient (Wildman–Crippen LogP) is 3.75. The van der Waals surface area contributed by atoms with Gasteiger partial charge in [-0.1, -0.05) is 6.92 Å². The zero-order chi connectivity index (χ0) is 13.0. The summed E-state index contributed by atoms with van der Waals surface area (Å²) in [6.07, 6.45) is 0.930. The van der Waals surface area contributed by atoms with E-state index in [9.17, 15) is 0 Å². The predicted molar refractivity (Wildman–Crippen MR) is 85.8 cm³/mol. The van der Waals surface area contributed by atoms with Crippen molar-refractivity contribution < 1.29 is 0 Å². The fourth-order valence-electron chi connectivity index (χ4n) is 1.81. The molecule has 0 aromatic carbocycles. The molecule has 1 aromatic rings. The molecule has 1 N–H and O–H groups in total. The van der Waals surface area contributed by atoms with Crippen LogP contribution in [0.2, 0.25) is 0 Å². The normalized spacial score (nSPS) is 19.8. The minimum Gasteiger partial charge on any atom is -0.369 e. The van der Waals surface area contributed by atoms with Crippen LogP contribution < -0.4 is 5.32 Å². The van der Waals surface area contributed by atoms with Crippen LogP contribution >= 0.6 is 39.5 Å². The van der Waals surface area contributed by atoms with E-state index >= 15 is 0 Å². The molecule has 0 amide bonds. The molecule has 1 saturated heterocycles. The molecule has 1 atom stereocenters. The number of thioether (sulfide) groups is 2. The van der Waals surface area contributed by atoms with Gasteiger partial charge in [-0.25, -0.2) is 9.97 Å². The Kier molecular flexibility index (Phi) is 5.63. The van der Waals surface area contributed by atoms with Crippen molar-refractivity contribution in [3.8, 4) is 0 Å². The van der Waals surface area contributed by atoms with Gasteiger partial charge >= 0.3 is 0 Å². The Morgan fingerprint density at radius 2 is 2.17 bits per heavy atom. The van der Waals surface area contributed by atoms with Crippen LogP contribution in [0.4, 0.5) is 5.82 Å². The number of rotatable bonds is 4. The third kappa shape index (κ3) is 3.33. The second-order valence-corrected chi connectivity index (χ2v) is 7.26. The van der Waals surface area contributed by atoms with E-state index in [0.29, 0.717) is 5.25 Å². The number of aryl methyl sites for hydroxylation is 1. The van der Waals surface area contributed by atoms with Crippen LogP contribution in [0.25, 0.3) is 0 Å². The molecule has 0 radical (unpaired) electrons. The Balaban J connectivity index is 2.31. The Hall–Kier alpha value is 0.0600. The van der Waals surface area contributed by atoms with E-state index in [1.807, 2.05) is 23.5 Å². The Morgan fingerprint density at radius 3 is 2.78 bits per heavy atom.